The summed E-state index contributed by atoms with van der Waals surface area (Å²) in [6.45, 7) is 0.783. The van der Waals surface area contributed by atoms with Crippen molar-refractivity contribution in [2.75, 3.05) is 34.0 Å². The maximum atomic E-state index is 10.1. The van der Waals surface area contributed by atoms with Gasteiger partial charge in [-0.3, -0.25) is 0 Å². The lowest BCUT2D eigenvalue weighted by Crippen LogP contribution is -2.47. The highest BCUT2D eigenvalue weighted by molar-refractivity contribution is 5.34. The molecule has 0 bridgehead atoms. The molecule has 0 radical (unpaired) electrons. The summed E-state index contributed by atoms with van der Waals surface area (Å²) in [4.78, 5) is 2.12. The smallest absolute Gasteiger partial charge is 0.139 e. The lowest BCUT2D eigenvalue weighted by atomic mass is 10.0. The van der Waals surface area contributed by atoms with E-state index in [1.165, 1.54) is 0 Å². The summed E-state index contributed by atoms with van der Waals surface area (Å²) in [5, 5.41) is 10.1. The second-order valence-corrected chi connectivity index (χ2v) is 6.67. The van der Waals surface area contributed by atoms with Crippen molar-refractivity contribution in [1.29, 1.82) is 0 Å². The van der Waals surface area contributed by atoms with Crippen molar-refractivity contribution in [1.82, 2.24) is 4.90 Å². The van der Waals surface area contributed by atoms with Crippen LogP contribution < -0.4 is 9.47 Å². The Morgan fingerprint density at radius 3 is 1.88 bits per heavy atom. The minimum absolute atomic E-state index is 0.0338. The first kappa shape index (κ1) is 17.3. The number of fused-ring (bicyclic) bond motifs is 1. The van der Waals surface area contributed by atoms with Gasteiger partial charge in [0.15, 0.2) is 0 Å². The van der Waals surface area contributed by atoms with Gasteiger partial charge in [-0.2, -0.15) is 0 Å². The van der Waals surface area contributed by atoms with Crippen LogP contribution in [0.3, 0.4) is 0 Å². The maximum absolute atomic E-state index is 10.1. The van der Waals surface area contributed by atoms with Gasteiger partial charge in [0.05, 0.1) is 39.6 Å². The summed E-state index contributed by atoms with van der Waals surface area (Å²) in [5.41, 5.74) is 1.39. The van der Waals surface area contributed by atoms with E-state index in [-0.39, 0.29) is 19.1 Å². The molecule has 4 rings (SSSR count). The predicted molar refractivity (Wildman–Crippen MR) is 95.0 cm³/mol. The molecule has 2 fully saturated rings. The lowest BCUT2D eigenvalue weighted by molar-refractivity contribution is -0.0631. The quantitative estimate of drug-likeness (QED) is 0.887. The third-order valence-electron chi connectivity index (χ3n) is 5.12. The SMILES string of the molecule is COc1cccc([C@H]2OCC3(CO)CO[C@@H](c4cccc(OC)c4)N23)c1. The molecule has 6 nitrogen and oxygen atoms in total. The lowest BCUT2D eigenvalue weighted by Gasteiger charge is -2.33. The Kier molecular flexibility index (Phi) is 4.58. The largest absolute Gasteiger partial charge is 0.497 e. The molecule has 1 unspecified atom stereocenters. The van der Waals surface area contributed by atoms with Gasteiger partial charge in [0.25, 0.3) is 0 Å². The molecular formula is C20H23NO5. The van der Waals surface area contributed by atoms with E-state index < -0.39 is 5.54 Å². The number of hydrogen-bond donors (Lipinski definition) is 1. The molecule has 3 atom stereocenters. The van der Waals surface area contributed by atoms with Gasteiger partial charge in [0.2, 0.25) is 0 Å². The minimum atomic E-state index is -0.554. The van der Waals surface area contributed by atoms with Gasteiger partial charge in [-0.1, -0.05) is 24.3 Å². The fourth-order valence-electron chi connectivity index (χ4n) is 3.72. The first-order valence-electron chi connectivity index (χ1n) is 8.61. The van der Waals surface area contributed by atoms with Crippen LogP contribution in [0.4, 0.5) is 0 Å². The van der Waals surface area contributed by atoms with Crippen molar-refractivity contribution in [3.05, 3.63) is 59.7 Å². The molecule has 0 amide bonds. The van der Waals surface area contributed by atoms with Gasteiger partial charge in [0, 0.05) is 0 Å². The molecule has 26 heavy (non-hydrogen) atoms. The van der Waals surface area contributed by atoms with Crippen LogP contribution in [-0.2, 0) is 9.47 Å². The van der Waals surface area contributed by atoms with Crippen LogP contribution in [0, 0.1) is 0 Å². The Labute approximate surface area is 152 Å². The molecule has 6 heteroatoms. The van der Waals surface area contributed by atoms with Gasteiger partial charge >= 0.3 is 0 Å². The Morgan fingerprint density at radius 2 is 1.46 bits per heavy atom. The van der Waals surface area contributed by atoms with E-state index >= 15 is 0 Å². The van der Waals surface area contributed by atoms with E-state index in [1.54, 1.807) is 14.2 Å². The molecule has 0 aromatic heterocycles. The average Bonchev–Trinajstić information content (AvgIpc) is 3.25. The molecule has 0 saturated carbocycles. The summed E-state index contributed by atoms with van der Waals surface area (Å²) in [6, 6.07) is 15.6. The van der Waals surface area contributed by atoms with Crippen molar-refractivity contribution in [3.63, 3.8) is 0 Å². The number of rotatable bonds is 5. The van der Waals surface area contributed by atoms with Crippen LogP contribution in [0.1, 0.15) is 23.6 Å². The summed E-state index contributed by atoms with van der Waals surface area (Å²) in [7, 11) is 3.29. The summed E-state index contributed by atoms with van der Waals surface area (Å²) in [6.07, 6.45) is -0.646. The van der Waals surface area contributed by atoms with E-state index in [9.17, 15) is 5.11 Å². The predicted octanol–water partition coefficient (Wildman–Crippen LogP) is 2.49. The zero-order valence-electron chi connectivity index (χ0n) is 14.9. The van der Waals surface area contributed by atoms with Gasteiger partial charge < -0.3 is 24.1 Å². The van der Waals surface area contributed by atoms with Crippen LogP contribution in [0.5, 0.6) is 11.5 Å². The Balaban J connectivity index is 1.73. The van der Waals surface area contributed by atoms with Crippen molar-refractivity contribution < 1.29 is 24.1 Å². The number of benzene rings is 2. The topological polar surface area (TPSA) is 60.4 Å². The summed E-state index contributed by atoms with van der Waals surface area (Å²) >= 11 is 0. The fraction of sp³-hybridized carbons (Fsp3) is 0.400. The standard InChI is InChI=1S/C20H23NO5/c1-23-16-7-3-5-14(9-16)18-21-19(15-6-4-8-17(10-15)24-2)26-13-20(21,11-22)12-25-18/h3-10,18-19,22H,11-13H2,1-2H3/t18-,19+,20?. The van der Waals surface area contributed by atoms with Crippen molar-refractivity contribution >= 4 is 0 Å². The minimum Gasteiger partial charge on any atom is -0.497 e. The van der Waals surface area contributed by atoms with Crippen LogP contribution >= 0.6 is 0 Å². The zero-order chi connectivity index (χ0) is 18.1. The highest BCUT2D eigenvalue weighted by atomic mass is 16.6. The van der Waals surface area contributed by atoms with Gasteiger partial charge in [0.1, 0.15) is 24.0 Å². The van der Waals surface area contributed by atoms with E-state index in [2.05, 4.69) is 4.90 Å². The monoisotopic (exact) mass is 357 g/mol. The molecule has 2 aromatic rings. The molecule has 0 spiro atoms. The number of hydrogen-bond acceptors (Lipinski definition) is 6. The number of aliphatic hydroxyl groups excluding tert-OH is 1. The van der Waals surface area contributed by atoms with Crippen LogP contribution in [0.2, 0.25) is 0 Å². The molecular weight excluding hydrogens is 334 g/mol. The van der Waals surface area contributed by atoms with Gasteiger partial charge in [-0.15, -0.1) is 0 Å². The Bertz CT molecular complexity index is 721. The average molecular weight is 357 g/mol. The third-order valence-corrected chi connectivity index (χ3v) is 5.12. The summed E-state index contributed by atoms with van der Waals surface area (Å²) in [5.74, 6) is 1.54. The van der Waals surface area contributed by atoms with Crippen LogP contribution in [-0.4, -0.2) is 49.6 Å². The highest BCUT2D eigenvalue weighted by Crippen LogP contribution is 2.49. The van der Waals surface area contributed by atoms with Crippen molar-refractivity contribution in [2.24, 2.45) is 0 Å². The molecule has 1 N–H and O–H groups in total. The molecule has 2 aliphatic rings. The molecule has 2 aliphatic heterocycles. The summed E-state index contributed by atoms with van der Waals surface area (Å²) < 4.78 is 22.9. The number of methoxy groups -OCH3 is 2. The van der Waals surface area contributed by atoms with E-state index in [0.717, 1.165) is 22.6 Å². The van der Waals surface area contributed by atoms with Gasteiger partial charge in [-0.05, 0) is 35.4 Å². The second kappa shape index (κ2) is 6.89. The Morgan fingerprint density at radius 1 is 0.962 bits per heavy atom. The van der Waals surface area contributed by atoms with Gasteiger partial charge in [-0.25, -0.2) is 4.90 Å². The first-order chi connectivity index (χ1) is 12.7. The first-order valence-corrected chi connectivity index (χ1v) is 8.61. The molecule has 138 valence electrons. The number of aliphatic hydroxyl groups is 1. The van der Waals surface area contributed by atoms with Crippen molar-refractivity contribution in [3.8, 4) is 11.5 Å². The Hall–Kier alpha value is -2.12. The molecule has 2 aromatic carbocycles. The van der Waals surface area contributed by atoms with Crippen LogP contribution in [0.25, 0.3) is 0 Å². The second-order valence-electron chi connectivity index (χ2n) is 6.67. The van der Waals surface area contributed by atoms with E-state index in [1.807, 2.05) is 48.5 Å². The van der Waals surface area contributed by atoms with E-state index in [0.29, 0.717) is 13.2 Å². The fourth-order valence-corrected chi connectivity index (χ4v) is 3.72. The number of ether oxygens (including phenoxy) is 4. The highest BCUT2D eigenvalue weighted by Gasteiger charge is 2.56. The zero-order valence-corrected chi connectivity index (χ0v) is 14.9. The molecule has 2 saturated heterocycles. The molecule has 2 heterocycles. The third kappa shape index (κ3) is 2.75. The maximum Gasteiger partial charge on any atom is 0.139 e. The van der Waals surface area contributed by atoms with E-state index in [4.69, 9.17) is 18.9 Å². The van der Waals surface area contributed by atoms with Crippen molar-refractivity contribution in [2.45, 2.75) is 18.0 Å². The normalized spacial score (nSPS) is 28.1. The van der Waals surface area contributed by atoms with Crippen LogP contribution in [0.15, 0.2) is 48.5 Å². The number of nitrogens with zero attached hydrogens (tertiary/aromatic N) is 1. The molecule has 0 aliphatic carbocycles.